The van der Waals surface area contributed by atoms with E-state index in [4.69, 9.17) is 5.73 Å². The van der Waals surface area contributed by atoms with Gasteiger partial charge in [-0.2, -0.15) is 0 Å². The molecular weight excluding hydrogens is 641 g/mol. The molecule has 1 aliphatic carbocycles. The zero-order valence-corrected chi connectivity index (χ0v) is 30.1. The molecule has 3 N–H and O–H groups in total. The van der Waals surface area contributed by atoms with Gasteiger partial charge in [0.1, 0.15) is 0 Å². The van der Waals surface area contributed by atoms with Crippen LogP contribution in [0, 0.1) is 0 Å². The minimum atomic E-state index is -0.368. The number of benzene rings is 8. The van der Waals surface area contributed by atoms with Crippen molar-refractivity contribution in [2.75, 3.05) is 0 Å². The van der Waals surface area contributed by atoms with Crippen molar-refractivity contribution in [3.8, 4) is 33.4 Å². The van der Waals surface area contributed by atoms with E-state index >= 15 is 0 Å². The Labute approximate surface area is 312 Å². The molecule has 0 aromatic heterocycles. The molecule has 0 saturated heterocycles. The summed E-state index contributed by atoms with van der Waals surface area (Å²) in [6.45, 7) is 4.73. The van der Waals surface area contributed by atoms with Crippen LogP contribution in [-0.4, -0.2) is 0 Å². The third kappa shape index (κ3) is 5.87. The van der Waals surface area contributed by atoms with Crippen LogP contribution < -0.4 is 11.1 Å². The summed E-state index contributed by atoms with van der Waals surface area (Å²) >= 11 is 0. The van der Waals surface area contributed by atoms with Crippen LogP contribution in [0.1, 0.15) is 53.9 Å². The van der Waals surface area contributed by atoms with Gasteiger partial charge in [0, 0.05) is 5.41 Å². The third-order valence-electron chi connectivity index (χ3n) is 11.2. The monoisotopic (exact) mass is 682 g/mol. The van der Waals surface area contributed by atoms with Crippen molar-refractivity contribution in [2.24, 2.45) is 5.73 Å². The molecule has 2 heteroatoms. The van der Waals surface area contributed by atoms with Gasteiger partial charge in [-0.1, -0.05) is 190 Å². The lowest BCUT2D eigenvalue weighted by molar-refractivity contribution is 0.510. The molecule has 53 heavy (non-hydrogen) atoms. The number of nitrogens with one attached hydrogen (secondary N) is 1. The fraction of sp³-hybridized carbons (Fsp3) is 0.0980. The predicted molar refractivity (Wildman–Crippen MR) is 225 cm³/mol. The molecular formula is C51H42N2. The van der Waals surface area contributed by atoms with Crippen molar-refractivity contribution in [3.63, 3.8) is 0 Å². The normalized spacial score (nSPS) is 14.3. The van der Waals surface area contributed by atoms with E-state index in [1.165, 1.54) is 71.6 Å². The summed E-state index contributed by atoms with van der Waals surface area (Å²) in [5.41, 5.74) is 20.5. The number of rotatable bonds is 8. The van der Waals surface area contributed by atoms with Gasteiger partial charge in [-0.05, 0) is 94.9 Å². The lowest BCUT2D eigenvalue weighted by Gasteiger charge is -2.24. The van der Waals surface area contributed by atoms with E-state index in [9.17, 15) is 0 Å². The van der Waals surface area contributed by atoms with Crippen molar-refractivity contribution in [1.82, 2.24) is 5.32 Å². The summed E-state index contributed by atoms with van der Waals surface area (Å²) in [7, 11) is 0. The maximum Gasteiger partial charge on any atom is 0.0817 e. The molecule has 2 atom stereocenters. The lowest BCUT2D eigenvalue weighted by Crippen LogP contribution is -2.31. The maximum absolute atomic E-state index is 6.93. The molecule has 0 amide bonds. The minimum Gasteiger partial charge on any atom is -0.312 e. The average molecular weight is 683 g/mol. The van der Waals surface area contributed by atoms with Crippen molar-refractivity contribution in [2.45, 2.75) is 31.5 Å². The molecule has 0 fully saturated rings. The Bertz CT molecular complexity index is 2640. The van der Waals surface area contributed by atoms with Crippen molar-refractivity contribution in [3.05, 3.63) is 210 Å². The van der Waals surface area contributed by atoms with Crippen LogP contribution >= 0.6 is 0 Å². The SMILES string of the molecule is CC1(C)c2cc3ccccc3cc2-c2c(-c3ccccc3/C=C/C(NC(N)c3ccccc3)c3ccccc3-c3cccc4ccccc34)cccc21. The summed E-state index contributed by atoms with van der Waals surface area (Å²) in [4.78, 5) is 0. The van der Waals surface area contributed by atoms with Crippen LogP contribution in [0.25, 0.3) is 61.0 Å². The van der Waals surface area contributed by atoms with E-state index in [-0.39, 0.29) is 17.6 Å². The Kier molecular flexibility index (Phi) is 8.35. The summed E-state index contributed by atoms with van der Waals surface area (Å²) in [6, 6.07) is 63.2. The quantitative estimate of drug-likeness (QED) is 0.157. The molecule has 0 bridgehead atoms. The van der Waals surface area contributed by atoms with Gasteiger partial charge in [0.2, 0.25) is 0 Å². The highest BCUT2D eigenvalue weighted by Gasteiger charge is 2.37. The first kappa shape index (κ1) is 32.8. The first-order chi connectivity index (χ1) is 26.0. The van der Waals surface area contributed by atoms with E-state index in [0.29, 0.717) is 0 Å². The highest BCUT2D eigenvalue weighted by molar-refractivity contribution is 6.00. The molecule has 8 aromatic carbocycles. The topological polar surface area (TPSA) is 38.0 Å². The van der Waals surface area contributed by atoms with Gasteiger partial charge in [0.25, 0.3) is 0 Å². The molecule has 256 valence electrons. The summed E-state index contributed by atoms with van der Waals surface area (Å²) in [6.07, 6.45) is 4.21. The maximum atomic E-state index is 6.93. The van der Waals surface area contributed by atoms with Gasteiger partial charge >= 0.3 is 0 Å². The van der Waals surface area contributed by atoms with Crippen LogP contribution in [0.15, 0.2) is 182 Å². The van der Waals surface area contributed by atoms with Crippen LogP contribution in [-0.2, 0) is 5.41 Å². The van der Waals surface area contributed by atoms with Gasteiger partial charge < -0.3 is 5.73 Å². The summed E-state index contributed by atoms with van der Waals surface area (Å²) in [5.74, 6) is 0. The highest BCUT2D eigenvalue weighted by Crippen LogP contribution is 2.53. The van der Waals surface area contributed by atoms with Gasteiger partial charge in [0.15, 0.2) is 0 Å². The molecule has 9 rings (SSSR count). The third-order valence-corrected chi connectivity index (χ3v) is 11.2. The minimum absolute atomic E-state index is 0.108. The van der Waals surface area contributed by atoms with Crippen LogP contribution in [0.5, 0.6) is 0 Å². The smallest absolute Gasteiger partial charge is 0.0817 e. The van der Waals surface area contributed by atoms with E-state index < -0.39 is 0 Å². The second-order valence-corrected chi connectivity index (χ2v) is 14.7. The lowest BCUT2D eigenvalue weighted by atomic mass is 9.81. The first-order valence-corrected chi connectivity index (χ1v) is 18.6. The Morgan fingerprint density at radius 2 is 1.11 bits per heavy atom. The molecule has 0 radical (unpaired) electrons. The Hall–Kier alpha value is -6.06. The second-order valence-electron chi connectivity index (χ2n) is 14.7. The fourth-order valence-corrected chi connectivity index (χ4v) is 8.46. The molecule has 8 aromatic rings. The standard InChI is InChI=1S/C51H42N2/c1-51(2)46-29-15-28-44(49(46)45-32-37-20-6-7-21-38(37)33-47(45)51)40-24-11-9-17-35(40)30-31-48(53-50(52)36-18-4-3-5-19-36)43-26-13-12-25-42(43)41-27-14-22-34-16-8-10-23-39(34)41/h3-33,48,50,53H,52H2,1-2H3/b31-30+. The number of fused-ring (bicyclic) bond motifs is 5. The molecule has 0 spiro atoms. The zero-order chi connectivity index (χ0) is 35.9. The molecule has 1 aliphatic rings. The van der Waals surface area contributed by atoms with Crippen molar-refractivity contribution in [1.29, 1.82) is 0 Å². The van der Waals surface area contributed by atoms with Crippen LogP contribution in [0.4, 0.5) is 0 Å². The van der Waals surface area contributed by atoms with Crippen LogP contribution in [0.2, 0.25) is 0 Å². The molecule has 0 aliphatic heterocycles. The molecule has 2 nitrogen and oxygen atoms in total. The molecule has 2 unspecified atom stereocenters. The predicted octanol–water partition coefficient (Wildman–Crippen LogP) is 12.6. The number of hydrogen-bond acceptors (Lipinski definition) is 2. The zero-order valence-electron chi connectivity index (χ0n) is 30.1. The fourth-order valence-electron chi connectivity index (χ4n) is 8.46. The van der Waals surface area contributed by atoms with Gasteiger partial charge in [-0.25, -0.2) is 0 Å². The van der Waals surface area contributed by atoms with Gasteiger partial charge in [-0.15, -0.1) is 0 Å². The Morgan fingerprint density at radius 3 is 1.94 bits per heavy atom. The van der Waals surface area contributed by atoms with Gasteiger partial charge in [0.05, 0.1) is 12.2 Å². The van der Waals surface area contributed by atoms with E-state index in [1.54, 1.807) is 0 Å². The van der Waals surface area contributed by atoms with Crippen LogP contribution in [0.3, 0.4) is 0 Å². The largest absolute Gasteiger partial charge is 0.312 e. The van der Waals surface area contributed by atoms with Crippen molar-refractivity contribution >= 4 is 27.6 Å². The van der Waals surface area contributed by atoms with E-state index in [1.807, 2.05) is 18.2 Å². The second kappa shape index (κ2) is 13.5. The van der Waals surface area contributed by atoms with E-state index in [2.05, 4.69) is 189 Å². The highest BCUT2D eigenvalue weighted by atomic mass is 15.0. The summed E-state index contributed by atoms with van der Waals surface area (Å²) in [5, 5.41) is 8.82. The molecule has 0 saturated carbocycles. The summed E-state index contributed by atoms with van der Waals surface area (Å²) < 4.78 is 0. The average Bonchev–Trinajstić information content (AvgIpc) is 3.43. The Morgan fingerprint density at radius 1 is 0.509 bits per heavy atom. The molecule has 0 heterocycles. The van der Waals surface area contributed by atoms with Crippen molar-refractivity contribution < 1.29 is 0 Å². The Balaban J connectivity index is 1.18. The first-order valence-electron chi connectivity index (χ1n) is 18.6. The van der Waals surface area contributed by atoms with E-state index in [0.717, 1.165) is 11.1 Å². The number of hydrogen-bond donors (Lipinski definition) is 2. The number of nitrogens with two attached hydrogens (primary N) is 1. The van der Waals surface area contributed by atoms with Gasteiger partial charge in [-0.3, -0.25) is 5.32 Å².